The maximum Gasteiger partial charge on any atom is 0.351 e. The molecule has 21 nitrogen and oxygen atoms in total. The lowest BCUT2D eigenvalue weighted by Crippen LogP contribution is -2.33. The first-order chi connectivity index (χ1) is 21.5. The Kier molecular flexibility index (Phi) is 9.11. The minimum atomic E-state index is -4.48. The topological polar surface area (TPSA) is 340 Å². The van der Waals surface area contributed by atoms with Crippen molar-refractivity contribution in [1.29, 1.82) is 0 Å². The summed E-state index contributed by atoms with van der Waals surface area (Å²) >= 11 is 0. The summed E-state index contributed by atoms with van der Waals surface area (Å²) in [5.74, 6) is -0.197. The van der Waals surface area contributed by atoms with Crippen LogP contribution in [0.3, 0.4) is 0 Å². The zero-order chi connectivity index (χ0) is 33.8. The van der Waals surface area contributed by atoms with E-state index in [2.05, 4.69) is 19.9 Å². The molecule has 2 aliphatic heterocycles. The van der Waals surface area contributed by atoms with E-state index < -0.39 is 75.4 Å². The Hall–Kier alpha value is -3.73. The van der Waals surface area contributed by atoms with Crippen LogP contribution in [0.4, 0.5) is 11.9 Å². The number of hydrogen-bond donors (Lipinski definition) is 11. The van der Waals surface area contributed by atoms with Crippen LogP contribution in [0.5, 0.6) is 0 Å². The highest BCUT2D eigenvalue weighted by Crippen LogP contribution is 2.38. The first-order valence-electron chi connectivity index (χ1n) is 13.6. The molecule has 13 N–H and O–H groups in total. The Labute approximate surface area is 256 Å². The summed E-state index contributed by atoms with van der Waals surface area (Å²) in [5.41, 5.74) is 11.8. The van der Waals surface area contributed by atoms with E-state index >= 15 is 0 Å². The van der Waals surface area contributed by atoms with E-state index in [1.807, 2.05) is 0 Å². The number of fused-ring (bicyclic) bond motifs is 2. The molecule has 0 saturated carbocycles. The van der Waals surface area contributed by atoms with Gasteiger partial charge in [-0.3, -0.25) is 24.1 Å². The number of aliphatic hydroxyl groups is 5. The number of rotatable bonds is 6. The van der Waals surface area contributed by atoms with Crippen molar-refractivity contribution >= 4 is 41.6 Å². The van der Waals surface area contributed by atoms with Crippen molar-refractivity contribution in [3.63, 3.8) is 0 Å². The third-order valence-electron chi connectivity index (χ3n) is 7.45. The second-order valence-electron chi connectivity index (χ2n) is 10.8. The SMILES string of the molecule is Cc1cn([C@@H]2O[C@H](CO)C(O)[C@@H]2O)c2nc(N)[nH]c(=O)c12.Cc1cn([C@@H]2O[C@H](OCP(=O)(O)O)C(O)[C@@H]2O)c2nc(N)[nH]c(=O)c12. The first kappa shape index (κ1) is 33.6. The fourth-order valence-electron chi connectivity index (χ4n) is 5.37. The van der Waals surface area contributed by atoms with E-state index in [0.29, 0.717) is 16.5 Å². The van der Waals surface area contributed by atoms with Gasteiger partial charge >= 0.3 is 7.60 Å². The Balaban J connectivity index is 0.000000184. The average molecular weight is 673 g/mol. The van der Waals surface area contributed by atoms with E-state index in [0.717, 1.165) is 0 Å². The van der Waals surface area contributed by atoms with Crippen LogP contribution in [-0.4, -0.2) is 114 Å². The van der Waals surface area contributed by atoms with Crippen molar-refractivity contribution in [2.75, 3.05) is 24.4 Å². The van der Waals surface area contributed by atoms with Gasteiger partial charge in [-0.05, 0) is 25.0 Å². The summed E-state index contributed by atoms with van der Waals surface area (Å²) in [6.07, 6.45) is -7.95. The maximum atomic E-state index is 12.0. The summed E-state index contributed by atoms with van der Waals surface area (Å²) in [6.45, 7) is 2.93. The number of nitrogens with zero attached hydrogens (tertiary/aromatic N) is 4. The van der Waals surface area contributed by atoms with Crippen molar-refractivity contribution in [1.82, 2.24) is 29.1 Å². The third kappa shape index (κ3) is 6.18. The van der Waals surface area contributed by atoms with Gasteiger partial charge in [-0.2, -0.15) is 9.97 Å². The number of aromatic nitrogens is 6. The summed E-state index contributed by atoms with van der Waals surface area (Å²) in [6, 6.07) is 0. The van der Waals surface area contributed by atoms with Crippen LogP contribution in [0.25, 0.3) is 22.1 Å². The van der Waals surface area contributed by atoms with E-state index in [1.165, 1.54) is 15.3 Å². The summed E-state index contributed by atoms with van der Waals surface area (Å²) in [5, 5.41) is 49.8. The molecule has 22 heteroatoms. The van der Waals surface area contributed by atoms with Crippen LogP contribution < -0.4 is 22.6 Å². The molecular weight excluding hydrogens is 639 g/mol. The fraction of sp³-hybridized carbons (Fsp3) is 0.500. The van der Waals surface area contributed by atoms with Crippen LogP contribution >= 0.6 is 7.60 Å². The van der Waals surface area contributed by atoms with Crippen LogP contribution in [0.2, 0.25) is 0 Å². The summed E-state index contributed by atoms with van der Waals surface area (Å²) in [7, 11) is -4.48. The predicted molar refractivity (Wildman–Crippen MR) is 156 cm³/mol. The van der Waals surface area contributed by atoms with Gasteiger partial charge in [0.1, 0.15) is 30.5 Å². The highest BCUT2D eigenvalue weighted by Gasteiger charge is 2.46. The molecule has 0 radical (unpaired) electrons. The van der Waals surface area contributed by atoms with Gasteiger partial charge in [0.05, 0.1) is 17.4 Å². The zero-order valence-electron chi connectivity index (χ0n) is 24.2. The van der Waals surface area contributed by atoms with Crippen LogP contribution in [0.1, 0.15) is 23.6 Å². The Morgan fingerprint density at radius 2 is 1.30 bits per heavy atom. The highest BCUT2D eigenvalue weighted by molar-refractivity contribution is 7.51. The van der Waals surface area contributed by atoms with Gasteiger partial charge in [0.15, 0.2) is 36.4 Å². The second kappa shape index (κ2) is 12.5. The molecule has 6 heterocycles. The van der Waals surface area contributed by atoms with Crippen molar-refractivity contribution in [2.24, 2.45) is 0 Å². The number of nitrogen functional groups attached to an aromatic ring is 2. The van der Waals surface area contributed by atoms with Gasteiger partial charge in [-0.15, -0.1) is 0 Å². The molecule has 46 heavy (non-hydrogen) atoms. The Morgan fingerprint density at radius 3 is 1.74 bits per heavy atom. The maximum absolute atomic E-state index is 12.0. The smallest absolute Gasteiger partial charge is 0.351 e. The van der Waals surface area contributed by atoms with E-state index in [4.69, 9.17) is 40.6 Å². The van der Waals surface area contributed by atoms with E-state index in [9.17, 15) is 34.6 Å². The molecule has 6 rings (SSSR count). The number of ether oxygens (including phenoxy) is 3. The molecule has 2 aliphatic rings. The predicted octanol–water partition coefficient (Wildman–Crippen LogP) is -3.43. The van der Waals surface area contributed by atoms with Gasteiger partial charge in [-0.1, -0.05) is 0 Å². The van der Waals surface area contributed by atoms with Crippen LogP contribution in [-0.2, 0) is 18.8 Å². The van der Waals surface area contributed by atoms with Crippen molar-refractivity contribution in [2.45, 2.75) is 63.1 Å². The van der Waals surface area contributed by atoms with Gasteiger partial charge in [-0.25, -0.2) is 0 Å². The number of aryl methyl sites for hydroxylation is 2. The molecule has 2 saturated heterocycles. The monoisotopic (exact) mass is 672 g/mol. The Morgan fingerprint density at radius 1 is 0.848 bits per heavy atom. The minimum absolute atomic E-state index is 0.0569. The first-order valence-corrected chi connectivity index (χ1v) is 15.4. The molecule has 0 spiro atoms. The van der Waals surface area contributed by atoms with Crippen molar-refractivity contribution in [3.05, 3.63) is 44.2 Å². The number of hydrogen-bond acceptors (Lipinski definition) is 15. The summed E-state index contributed by atoms with van der Waals surface area (Å²) < 4.78 is 29.3. The quantitative estimate of drug-likeness (QED) is 0.0888. The van der Waals surface area contributed by atoms with Crippen LogP contribution in [0, 0.1) is 13.8 Å². The molecular formula is C24H33N8O13P. The molecule has 4 aromatic heterocycles. The van der Waals surface area contributed by atoms with Gasteiger partial charge in [0, 0.05) is 12.4 Å². The standard InChI is InChI=1S/C12H17N4O8P.C12H16N4O5/c1-4-2-16(8-5(4)9(19)15-12(13)14-8)10-6(17)7(18)11(24-10)23-3-25(20,21)22;1-4-2-16(9-6(4)10(20)15-12(13)14-9)11-8(19)7(18)5(3-17)21-11/h2,6-7,10-11,17-18H,3H2,1H3,(H2,20,21,22)(H3,13,14,15,19);2,5,7-8,11,17-19H,3H2,1H3,(H3,13,14,15,20)/t6-,7?,10+,11-;5-,7?,8+,11-/m01/s1. The molecule has 0 aliphatic carbocycles. The molecule has 2 unspecified atom stereocenters. The second-order valence-corrected chi connectivity index (χ2v) is 12.4. The largest absolute Gasteiger partial charge is 0.394 e. The molecule has 0 amide bonds. The normalized spacial score (nSPS) is 28.2. The lowest BCUT2D eigenvalue weighted by Gasteiger charge is -2.17. The van der Waals surface area contributed by atoms with Crippen molar-refractivity contribution < 1.29 is 54.1 Å². The Bertz CT molecular complexity index is 1920. The lowest BCUT2D eigenvalue weighted by molar-refractivity contribution is -0.167. The molecule has 2 fully saturated rings. The average Bonchev–Trinajstić information content (AvgIpc) is 3.65. The summed E-state index contributed by atoms with van der Waals surface area (Å²) in [4.78, 5) is 54.5. The third-order valence-corrected chi connectivity index (χ3v) is 7.93. The lowest BCUT2D eigenvalue weighted by atomic mass is 10.1. The molecule has 0 aromatic carbocycles. The molecule has 8 atom stereocenters. The number of anilines is 2. The number of aromatic amines is 2. The number of nitrogens with two attached hydrogens (primary N) is 2. The van der Waals surface area contributed by atoms with E-state index in [1.54, 1.807) is 20.0 Å². The van der Waals surface area contributed by atoms with Crippen molar-refractivity contribution in [3.8, 4) is 0 Å². The van der Waals surface area contributed by atoms with Gasteiger partial charge in [0.25, 0.3) is 11.1 Å². The number of H-pyrrole nitrogens is 2. The molecule has 4 aromatic rings. The zero-order valence-corrected chi connectivity index (χ0v) is 25.1. The molecule has 252 valence electrons. The molecule has 0 bridgehead atoms. The minimum Gasteiger partial charge on any atom is -0.394 e. The fourth-order valence-corrected chi connectivity index (χ4v) is 5.72. The number of aliphatic hydroxyl groups excluding tert-OH is 5. The van der Waals surface area contributed by atoms with Gasteiger partial charge in [0.2, 0.25) is 11.9 Å². The van der Waals surface area contributed by atoms with E-state index in [-0.39, 0.29) is 34.1 Å². The highest BCUT2D eigenvalue weighted by atomic mass is 31.2. The van der Waals surface area contributed by atoms with Crippen LogP contribution in [0.15, 0.2) is 22.0 Å². The van der Waals surface area contributed by atoms with Gasteiger partial charge < -0.3 is 70.1 Å². The number of nitrogens with one attached hydrogen (secondary N) is 2.